The van der Waals surface area contributed by atoms with Gasteiger partial charge in [-0.25, -0.2) is 0 Å². The molecule has 100 valence electrons. The smallest absolute Gasteiger partial charge is 0.0716 e. The first-order valence-corrected chi connectivity index (χ1v) is 7.32. The van der Waals surface area contributed by atoms with Crippen molar-refractivity contribution >= 4 is 22.7 Å². The number of pyridine rings is 1. The van der Waals surface area contributed by atoms with Crippen molar-refractivity contribution in [2.75, 3.05) is 0 Å². The maximum atomic E-state index is 9.08. The minimum Gasteiger partial charge on any atom is -0.392 e. The van der Waals surface area contributed by atoms with Gasteiger partial charge in [-0.05, 0) is 36.8 Å². The van der Waals surface area contributed by atoms with Crippen LogP contribution in [0.2, 0.25) is 0 Å². The van der Waals surface area contributed by atoms with Gasteiger partial charge in [0.1, 0.15) is 0 Å². The fourth-order valence-corrected chi connectivity index (χ4v) is 3.18. The minimum absolute atomic E-state index is 0.0856. The molecule has 0 unspecified atom stereocenters. The van der Waals surface area contributed by atoms with Gasteiger partial charge in [-0.1, -0.05) is 42.1 Å². The highest BCUT2D eigenvalue weighted by molar-refractivity contribution is 7.99. The third-order valence-electron chi connectivity index (χ3n) is 3.14. The third-order valence-corrected chi connectivity index (χ3v) is 4.21. The zero-order valence-corrected chi connectivity index (χ0v) is 12.0. The first-order valence-electron chi connectivity index (χ1n) is 6.50. The summed E-state index contributed by atoms with van der Waals surface area (Å²) in [7, 11) is 0. The fourth-order valence-electron chi connectivity index (χ4n) is 2.14. The molecule has 3 heteroatoms. The fraction of sp³-hybridized carbons (Fsp3) is 0.118. The molecule has 2 nitrogen and oxygen atoms in total. The van der Waals surface area contributed by atoms with Crippen LogP contribution in [0.15, 0.2) is 64.4 Å². The molecule has 0 aliphatic carbocycles. The van der Waals surface area contributed by atoms with Gasteiger partial charge in [0.25, 0.3) is 0 Å². The average Bonchev–Trinajstić information content (AvgIpc) is 2.48. The van der Waals surface area contributed by atoms with E-state index in [0.29, 0.717) is 0 Å². The zero-order valence-electron chi connectivity index (χ0n) is 11.2. The first kappa shape index (κ1) is 13.2. The Morgan fingerprint density at radius 1 is 1.05 bits per heavy atom. The van der Waals surface area contributed by atoms with Crippen molar-refractivity contribution < 1.29 is 5.11 Å². The Kier molecular flexibility index (Phi) is 3.72. The number of para-hydroxylation sites is 1. The second-order valence-electron chi connectivity index (χ2n) is 4.68. The molecule has 0 saturated carbocycles. The van der Waals surface area contributed by atoms with Crippen LogP contribution < -0.4 is 0 Å². The molecule has 0 radical (unpaired) electrons. The van der Waals surface area contributed by atoms with Crippen LogP contribution in [0.4, 0.5) is 0 Å². The maximum Gasteiger partial charge on any atom is 0.0716 e. The van der Waals surface area contributed by atoms with Gasteiger partial charge in [-0.15, -0.1) is 0 Å². The van der Waals surface area contributed by atoms with Crippen LogP contribution >= 0.6 is 11.8 Å². The van der Waals surface area contributed by atoms with Gasteiger partial charge in [0.05, 0.1) is 12.1 Å². The molecule has 0 amide bonds. The van der Waals surface area contributed by atoms with Gasteiger partial charge in [0.2, 0.25) is 0 Å². The molecule has 0 atom stereocenters. The van der Waals surface area contributed by atoms with E-state index in [1.807, 2.05) is 49.4 Å². The Morgan fingerprint density at radius 3 is 2.55 bits per heavy atom. The summed E-state index contributed by atoms with van der Waals surface area (Å²) in [6.07, 6.45) is 0. The largest absolute Gasteiger partial charge is 0.392 e. The van der Waals surface area contributed by atoms with Gasteiger partial charge in [-0.3, -0.25) is 4.98 Å². The number of aromatic nitrogens is 1. The van der Waals surface area contributed by atoms with Crippen molar-refractivity contribution in [3.05, 3.63) is 65.9 Å². The molecule has 0 aliphatic heterocycles. The Morgan fingerprint density at radius 2 is 1.80 bits per heavy atom. The lowest BCUT2D eigenvalue weighted by Crippen LogP contribution is -1.87. The Labute approximate surface area is 122 Å². The van der Waals surface area contributed by atoms with E-state index in [2.05, 4.69) is 17.1 Å². The van der Waals surface area contributed by atoms with Crippen molar-refractivity contribution in [1.29, 1.82) is 0 Å². The van der Waals surface area contributed by atoms with E-state index in [1.54, 1.807) is 11.8 Å². The summed E-state index contributed by atoms with van der Waals surface area (Å²) in [6.45, 7) is 2.10. The van der Waals surface area contributed by atoms with Gasteiger partial charge >= 0.3 is 0 Å². The normalized spacial score (nSPS) is 10.9. The van der Waals surface area contributed by atoms with Crippen molar-refractivity contribution in [2.24, 2.45) is 0 Å². The quantitative estimate of drug-likeness (QED) is 0.781. The Bertz CT molecular complexity index is 738. The summed E-state index contributed by atoms with van der Waals surface area (Å²) < 4.78 is 0. The number of aryl methyl sites for hydroxylation is 1. The predicted octanol–water partition coefficient (Wildman–Crippen LogP) is 4.19. The molecule has 1 aromatic heterocycles. The lowest BCUT2D eigenvalue weighted by Gasteiger charge is -2.08. The van der Waals surface area contributed by atoms with Crippen LogP contribution in [-0.2, 0) is 6.61 Å². The summed E-state index contributed by atoms with van der Waals surface area (Å²) in [4.78, 5) is 6.94. The van der Waals surface area contributed by atoms with Crippen LogP contribution in [-0.4, -0.2) is 10.1 Å². The second kappa shape index (κ2) is 5.65. The SMILES string of the molecule is Cc1cc(Sc2ccc(CO)cc2)c2ccccc2n1. The van der Waals surface area contributed by atoms with Crippen LogP contribution in [0, 0.1) is 6.92 Å². The molecule has 1 heterocycles. The standard InChI is InChI=1S/C17H15NOS/c1-12-10-17(15-4-2-3-5-16(15)18-12)20-14-8-6-13(11-19)7-9-14/h2-10,19H,11H2,1H3. The minimum atomic E-state index is 0.0856. The number of fused-ring (bicyclic) bond motifs is 1. The summed E-state index contributed by atoms with van der Waals surface area (Å²) >= 11 is 1.73. The number of hydrogen-bond acceptors (Lipinski definition) is 3. The molecule has 3 rings (SSSR count). The molecule has 0 bridgehead atoms. The van der Waals surface area contributed by atoms with Crippen molar-refractivity contribution in [3.8, 4) is 0 Å². The topological polar surface area (TPSA) is 33.1 Å². The van der Waals surface area contributed by atoms with Crippen molar-refractivity contribution in [2.45, 2.75) is 23.3 Å². The number of nitrogens with zero attached hydrogens (tertiary/aromatic N) is 1. The van der Waals surface area contributed by atoms with Gasteiger partial charge in [0, 0.05) is 20.9 Å². The summed E-state index contributed by atoms with van der Waals surface area (Å²) in [5, 5.41) is 10.3. The van der Waals surface area contributed by atoms with E-state index < -0.39 is 0 Å². The monoisotopic (exact) mass is 281 g/mol. The molecule has 0 spiro atoms. The van der Waals surface area contributed by atoms with Gasteiger partial charge < -0.3 is 5.11 Å². The van der Waals surface area contributed by atoms with Crippen LogP contribution in [0.25, 0.3) is 10.9 Å². The van der Waals surface area contributed by atoms with E-state index in [0.717, 1.165) is 21.7 Å². The molecule has 1 N–H and O–H groups in total. The van der Waals surface area contributed by atoms with Gasteiger partial charge in [-0.2, -0.15) is 0 Å². The Balaban J connectivity index is 2.01. The number of aliphatic hydroxyl groups is 1. The molecule has 0 saturated heterocycles. The highest BCUT2D eigenvalue weighted by atomic mass is 32.2. The highest BCUT2D eigenvalue weighted by Crippen LogP contribution is 2.33. The molecule has 2 aromatic carbocycles. The second-order valence-corrected chi connectivity index (χ2v) is 5.80. The lowest BCUT2D eigenvalue weighted by molar-refractivity contribution is 0.282. The summed E-state index contributed by atoms with van der Waals surface area (Å²) in [5.74, 6) is 0. The highest BCUT2D eigenvalue weighted by Gasteiger charge is 2.05. The maximum absolute atomic E-state index is 9.08. The van der Waals surface area contributed by atoms with Crippen LogP contribution in [0.3, 0.4) is 0 Å². The molecular weight excluding hydrogens is 266 g/mol. The number of rotatable bonds is 3. The predicted molar refractivity (Wildman–Crippen MR) is 83.0 cm³/mol. The van der Waals surface area contributed by atoms with E-state index in [1.165, 1.54) is 10.3 Å². The lowest BCUT2D eigenvalue weighted by atomic mass is 10.2. The first-order chi connectivity index (χ1) is 9.76. The molecule has 0 fully saturated rings. The van der Waals surface area contributed by atoms with Crippen molar-refractivity contribution in [3.63, 3.8) is 0 Å². The molecule has 3 aromatic rings. The van der Waals surface area contributed by atoms with Crippen LogP contribution in [0.5, 0.6) is 0 Å². The molecular formula is C17H15NOS. The summed E-state index contributed by atoms with van der Waals surface area (Å²) in [6, 6.07) is 18.3. The number of aliphatic hydroxyl groups excluding tert-OH is 1. The molecule has 20 heavy (non-hydrogen) atoms. The summed E-state index contributed by atoms with van der Waals surface area (Å²) in [5.41, 5.74) is 2.99. The van der Waals surface area contributed by atoms with Gasteiger partial charge in [0.15, 0.2) is 0 Å². The number of hydrogen-bond donors (Lipinski definition) is 1. The van der Waals surface area contributed by atoms with E-state index in [-0.39, 0.29) is 6.61 Å². The zero-order chi connectivity index (χ0) is 13.9. The van der Waals surface area contributed by atoms with E-state index in [4.69, 9.17) is 5.11 Å². The Hall–Kier alpha value is -1.84. The van der Waals surface area contributed by atoms with E-state index >= 15 is 0 Å². The van der Waals surface area contributed by atoms with E-state index in [9.17, 15) is 0 Å². The number of benzene rings is 2. The van der Waals surface area contributed by atoms with Crippen molar-refractivity contribution in [1.82, 2.24) is 4.98 Å². The average molecular weight is 281 g/mol. The third kappa shape index (κ3) is 2.69. The van der Waals surface area contributed by atoms with Crippen LogP contribution in [0.1, 0.15) is 11.3 Å². The molecule has 0 aliphatic rings.